The topological polar surface area (TPSA) is 79.1 Å². The molecule has 1 aliphatic heterocycles. The monoisotopic (exact) mass is 274 g/mol. The Morgan fingerprint density at radius 3 is 2.80 bits per heavy atom. The van der Waals surface area contributed by atoms with Crippen LogP contribution in [0.15, 0.2) is 12.4 Å². The van der Waals surface area contributed by atoms with Gasteiger partial charge in [-0.1, -0.05) is 20.8 Å². The van der Waals surface area contributed by atoms with Crippen molar-refractivity contribution in [3.63, 3.8) is 0 Å². The van der Waals surface area contributed by atoms with Crippen molar-refractivity contribution >= 4 is 5.91 Å². The van der Waals surface area contributed by atoms with E-state index >= 15 is 0 Å². The molecule has 6 heteroatoms. The predicted molar refractivity (Wildman–Crippen MR) is 71.8 cm³/mol. The zero-order valence-electron chi connectivity index (χ0n) is 12.0. The second-order valence-electron chi connectivity index (χ2n) is 5.85. The van der Waals surface area contributed by atoms with Crippen molar-refractivity contribution in [2.24, 2.45) is 5.41 Å². The van der Waals surface area contributed by atoms with Gasteiger partial charge in [0, 0.05) is 30.8 Å². The van der Waals surface area contributed by atoms with Gasteiger partial charge >= 0.3 is 0 Å². The van der Waals surface area contributed by atoms with Crippen LogP contribution in [0.25, 0.3) is 0 Å². The van der Waals surface area contributed by atoms with Crippen molar-refractivity contribution in [2.75, 3.05) is 13.1 Å². The van der Waals surface area contributed by atoms with Gasteiger partial charge in [0.15, 0.2) is 0 Å². The number of carbonyl (C=O) groups is 1. The number of nitriles is 1. The van der Waals surface area contributed by atoms with E-state index < -0.39 is 0 Å². The first-order valence-electron chi connectivity index (χ1n) is 6.59. The molecule has 106 valence electrons. The largest absolute Gasteiger partial charge is 0.470 e. The van der Waals surface area contributed by atoms with Gasteiger partial charge in [0.05, 0.1) is 6.54 Å². The van der Waals surface area contributed by atoms with Gasteiger partial charge in [-0.2, -0.15) is 5.26 Å². The zero-order chi connectivity index (χ0) is 14.8. The molecular formula is C14H18N4O2. The minimum Gasteiger partial charge on any atom is -0.470 e. The highest BCUT2D eigenvalue weighted by Crippen LogP contribution is 2.23. The molecule has 1 atom stereocenters. The molecular weight excluding hydrogens is 256 g/mol. The number of amides is 1. The van der Waals surface area contributed by atoms with E-state index in [1.54, 1.807) is 4.90 Å². The molecule has 0 aliphatic carbocycles. The molecule has 1 aromatic rings. The van der Waals surface area contributed by atoms with Crippen molar-refractivity contribution in [1.82, 2.24) is 14.9 Å². The average molecular weight is 274 g/mol. The molecule has 0 saturated carbocycles. The molecule has 0 spiro atoms. The lowest BCUT2D eigenvalue weighted by Crippen LogP contribution is -2.38. The summed E-state index contributed by atoms with van der Waals surface area (Å²) in [7, 11) is 0. The first-order valence-corrected chi connectivity index (χ1v) is 6.59. The fourth-order valence-electron chi connectivity index (χ4n) is 2.13. The number of hydrogen-bond acceptors (Lipinski definition) is 5. The van der Waals surface area contributed by atoms with E-state index in [9.17, 15) is 4.79 Å². The summed E-state index contributed by atoms with van der Waals surface area (Å²) >= 11 is 0. The van der Waals surface area contributed by atoms with Gasteiger partial charge in [0.25, 0.3) is 5.88 Å². The summed E-state index contributed by atoms with van der Waals surface area (Å²) in [6, 6.07) is 1.95. The highest BCUT2D eigenvalue weighted by Gasteiger charge is 2.34. The van der Waals surface area contributed by atoms with Crippen LogP contribution in [0.3, 0.4) is 0 Å². The molecule has 6 nitrogen and oxygen atoms in total. The Morgan fingerprint density at radius 2 is 2.15 bits per heavy atom. The maximum Gasteiger partial charge on any atom is 0.251 e. The minimum atomic E-state index is -0.390. The van der Waals surface area contributed by atoms with Gasteiger partial charge in [-0.15, -0.1) is 0 Å². The number of aromatic nitrogens is 2. The fraction of sp³-hybridized carbons (Fsp3) is 0.571. The lowest BCUT2D eigenvalue weighted by molar-refractivity contribution is -0.138. The Bertz CT molecular complexity index is 545. The fourth-order valence-corrected chi connectivity index (χ4v) is 2.13. The highest BCUT2D eigenvalue weighted by atomic mass is 16.5. The SMILES string of the molecule is CC(C)(C)C(=O)N1CCC(Oc2nccnc2C#N)C1. The van der Waals surface area contributed by atoms with Crippen molar-refractivity contribution in [1.29, 1.82) is 5.26 Å². The Morgan fingerprint density at radius 1 is 1.45 bits per heavy atom. The van der Waals surface area contributed by atoms with Gasteiger partial charge < -0.3 is 9.64 Å². The Balaban J connectivity index is 2.01. The molecule has 1 amide bonds. The molecule has 20 heavy (non-hydrogen) atoms. The first-order chi connectivity index (χ1) is 9.41. The number of hydrogen-bond donors (Lipinski definition) is 0. The van der Waals surface area contributed by atoms with Crippen molar-refractivity contribution in [2.45, 2.75) is 33.3 Å². The average Bonchev–Trinajstić information content (AvgIpc) is 2.86. The molecule has 1 aromatic heterocycles. The molecule has 2 rings (SSSR count). The first kappa shape index (κ1) is 14.3. The lowest BCUT2D eigenvalue weighted by atomic mass is 9.95. The lowest BCUT2D eigenvalue weighted by Gasteiger charge is -2.25. The number of rotatable bonds is 2. The number of ether oxygens (including phenoxy) is 1. The molecule has 1 fully saturated rings. The summed E-state index contributed by atoms with van der Waals surface area (Å²) in [5.74, 6) is 0.355. The van der Waals surface area contributed by atoms with Crippen molar-refractivity contribution < 1.29 is 9.53 Å². The van der Waals surface area contributed by atoms with Crippen LogP contribution in [0, 0.1) is 16.7 Å². The standard InChI is InChI=1S/C14H18N4O2/c1-14(2,3)13(19)18-7-4-10(9-18)20-12-11(8-15)16-5-6-17-12/h5-6,10H,4,7,9H2,1-3H3. The maximum atomic E-state index is 12.2. The Labute approximate surface area is 118 Å². The quantitative estimate of drug-likeness (QED) is 0.814. The summed E-state index contributed by atoms with van der Waals surface area (Å²) in [6.45, 7) is 6.90. The molecule has 0 N–H and O–H groups in total. The van der Waals surface area contributed by atoms with Gasteiger partial charge in [-0.05, 0) is 0 Å². The second-order valence-corrected chi connectivity index (χ2v) is 5.85. The molecule has 0 radical (unpaired) electrons. The summed E-state index contributed by atoms with van der Waals surface area (Å²) in [6.07, 6.45) is 3.55. The third-order valence-electron chi connectivity index (χ3n) is 3.12. The molecule has 1 unspecified atom stereocenters. The number of carbonyl (C=O) groups excluding carboxylic acids is 1. The van der Waals surface area contributed by atoms with E-state index in [-0.39, 0.29) is 29.0 Å². The summed E-state index contributed by atoms with van der Waals surface area (Å²) in [5, 5.41) is 8.94. The molecule has 0 aromatic carbocycles. The van der Waals surface area contributed by atoms with E-state index in [1.807, 2.05) is 26.8 Å². The van der Waals surface area contributed by atoms with Crippen LogP contribution in [-0.2, 0) is 4.79 Å². The predicted octanol–water partition coefficient (Wildman–Crippen LogP) is 1.37. The third-order valence-corrected chi connectivity index (χ3v) is 3.12. The van der Waals surface area contributed by atoms with Crippen LogP contribution in [0.4, 0.5) is 0 Å². The van der Waals surface area contributed by atoms with E-state index in [0.29, 0.717) is 13.1 Å². The smallest absolute Gasteiger partial charge is 0.251 e. The third kappa shape index (κ3) is 3.05. The second kappa shape index (κ2) is 5.45. The molecule has 1 aliphatic rings. The van der Waals surface area contributed by atoms with Gasteiger partial charge in [0.1, 0.15) is 12.2 Å². The summed E-state index contributed by atoms with van der Waals surface area (Å²) in [4.78, 5) is 21.9. The van der Waals surface area contributed by atoms with E-state index in [4.69, 9.17) is 10.00 Å². The van der Waals surface area contributed by atoms with Crippen LogP contribution in [0.5, 0.6) is 5.88 Å². The normalized spacial score (nSPS) is 18.7. The van der Waals surface area contributed by atoms with E-state index in [1.165, 1.54) is 12.4 Å². The molecule has 2 heterocycles. The summed E-state index contributed by atoms with van der Waals surface area (Å²) < 4.78 is 5.70. The van der Waals surface area contributed by atoms with Crippen LogP contribution in [0.1, 0.15) is 32.9 Å². The highest BCUT2D eigenvalue weighted by molar-refractivity contribution is 5.81. The van der Waals surface area contributed by atoms with Crippen molar-refractivity contribution in [3.05, 3.63) is 18.1 Å². The van der Waals surface area contributed by atoms with Crippen molar-refractivity contribution in [3.8, 4) is 11.9 Å². The van der Waals surface area contributed by atoms with Crippen LogP contribution < -0.4 is 4.74 Å². The molecule has 0 bridgehead atoms. The van der Waals surface area contributed by atoms with Gasteiger partial charge in [-0.25, -0.2) is 9.97 Å². The maximum absolute atomic E-state index is 12.2. The zero-order valence-corrected chi connectivity index (χ0v) is 12.0. The Hall–Kier alpha value is -2.16. The van der Waals surface area contributed by atoms with Crippen LogP contribution >= 0.6 is 0 Å². The van der Waals surface area contributed by atoms with E-state index in [0.717, 1.165) is 6.42 Å². The Kier molecular flexibility index (Phi) is 3.89. The number of likely N-dealkylation sites (tertiary alicyclic amines) is 1. The van der Waals surface area contributed by atoms with Gasteiger partial charge in [0.2, 0.25) is 11.6 Å². The van der Waals surface area contributed by atoms with Crippen LogP contribution in [-0.4, -0.2) is 40.0 Å². The van der Waals surface area contributed by atoms with Crippen LogP contribution in [0.2, 0.25) is 0 Å². The van der Waals surface area contributed by atoms with E-state index in [2.05, 4.69) is 9.97 Å². The molecule has 1 saturated heterocycles. The minimum absolute atomic E-state index is 0.114. The summed E-state index contributed by atoms with van der Waals surface area (Å²) in [5.41, 5.74) is -0.215. The van der Waals surface area contributed by atoms with Gasteiger partial charge in [-0.3, -0.25) is 4.79 Å². The number of nitrogens with zero attached hydrogens (tertiary/aromatic N) is 4.